The molecule has 0 atom stereocenters. The first-order chi connectivity index (χ1) is 11.3. The molecule has 0 spiro atoms. The average molecular weight is 308 g/mol. The molecule has 4 heterocycles. The van der Waals surface area contributed by atoms with E-state index in [0.29, 0.717) is 17.0 Å². The van der Waals surface area contributed by atoms with E-state index < -0.39 is 0 Å². The van der Waals surface area contributed by atoms with Crippen LogP contribution in [0.4, 0.5) is 11.6 Å². The smallest absolute Gasteiger partial charge is 0.278 e. The molecular weight excluding hydrogens is 292 g/mol. The Morgan fingerprint density at radius 3 is 2.57 bits per heavy atom. The Morgan fingerprint density at radius 1 is 1.00 bits per heavy atom. The summed E-state index contributed by atoms with van der Waals surface area (Å²) < 4.78 is 0. The summed E-state index contributed by atoms with van der Waals surface area (Å²) >= 11 is 0. The molecule has 3 aromatic heterocycles. The first-order valence-corrected chi connectivity index (χ1v) is 7.56. The monoisotopic (exact) mass is 308 g/mol. The van der Waals surface area contributed by atoms with Gasteiger partial charge in [-0.3, -0.25) is 14.8 Å². The van der Waals surface area contributed by atoms with Gasteiger partial charge in [0.15, 0.2) is 5.52 Å². The van der Waals surface area contributed by atoms with Crippen molar-refractivity contribution in [2.45, 2.75) is 0 Å². The Morgan fingerprint density at radius 2 is 1.78 bits per heavy atom. The number of aromatic nitrogens is 4. The molecule has 1 aliphatic heterocycles. The maximum Gasteiger partial charge on any atom is 0.278 e. The minimum Gasteiger partial charge on any atom is -0.367 e. The second-order valence-corrected chi connectivity index (χ2v) is 5.45. The maximum atomic E-state index is 12.1. The predicted molar refractivity (Wildman–Crippen MR) is 88.8 cm³/mol. The second kappa shape index (κ2) is 5.68. The second-order valence-electron chi connectivity index (χ2n) is 5.45. The van der Waals surface area contributed by atoms with Crippen molar-refractivity contribution >= 4 is 22.7 Å². The summed E-state index contributed by atoms with van der Waals surface area (Å²) in [5.74, 6) is 0.612. The molecule has 7 nitrogen and oxygen atoms in total. The summed E-state index contributed by atoms with van der Waals surface area (Å²) in [7, 11) is 0. The van der Waals surface area contributed by atoms with Gasteiger partial charge in [0.2, 0.25) is 5.95 Å². The van der Waals surface area contributed by atoms with Crippen LogP contribution in [0.5, 0.6) is 0 Å². The van der Waals surface area contributed by atoms with Crippen molar-refractivity contribution in [1.29, 1.82) is 0 Å². The molecule has 4 rings (SSSR count). The third kappa shape index (κ3) is 2.61. The van der Waals surface area contributed by atoms with Crippen LogP contribution >= 0.6 is 0 Å². The molecule has 0 radical (unpaired) electrons. The van der Waals surface area contributed by atoms with Crippen molar-refractivity contribution < 1.29 is 0 Å². The van der Waals surface area contributed by atoms with E-state index in [-0.39, 0.29) is 5.56 Å². The van der Waals surface area contributed by atoms with E-state index in [1.165, 1.54) is 0 Å². The Hall–Kier alpha value is -2.96. The summed E-state index contributed by atoms with van der Waals surface area (Å²) in [6, 6.07) is 7.60. The lowest BCUT2D eigenvalue weighted by atomic mass is 10.3. The highest BCUT2D eigenvalue weighted by atomic mass is 16.1. The van der Waals surface area contributed by atoms with Crippen LogP contribution in [0, 0.1) is 0 Å². The topological polar surface area (TPSA) is 78.0 Å². The molecule has 1 aliphatic rings. The Bertz CT molecular complexity index is 870. The molecule has 0 amide bonds. The molecule has 23 heavy (non-hydrogen) atoms. The molecule has 1 N–H and O–H groups in total. The van der Waals surface area contributed by atoms with Gasteiger partial charge in [-0.1, -0.05) is 0 Å². The van der Waals surface area contributed by atoms with Gasteiger partial charge in [0.25, 0.3) is 5.56 Å². The fourth-order valence-corrected chi connectivity index (χ4v) is 2.83. The molecule has 0 aromatic carbocycles. The van der Waals surface area contributed by atoms with E-state index in [1.807, 2.05) is 18.3 Å². The molecule has 0 aliphatic carbocycles. The zero-order chi connectivity index (χ0) is 15.6. The average Bonchev–Trinajstić information content (AvgIpc) is 2.63. The van der Waals surface area contributed by atoms with Crippen LogP contribution in [-0.4, -0.2) is 46.1 Å². The number of nitrogens with one attached hydrogen (secondary N) is 1. The summed E-state index contributed by atoms with van der Waals surface area (Å²) in [4.78, 5) is 32.1. The van der Waals surface area contributed by atoms with E-state index in [1.54, 1.807) is 18.5 Å². The first kappa shape index (κ1) is 13.7. The minimum absolute atomic E-state index is 0.194. The van der Waals surface area contributed by atoms with E-state index >= 15 is 0 Å². The molecule has 3 aromatic rings. The molecule has 7 heteroatoms. The number of hydrogen-bond donors (Lipinski definition) is 1. The van der Waals surface area contributed by atoms with Crippen molar-refractivity contribution in [1.82, 2.24) is 19.9 Å². The fraction of sp³-hybridized carbons (Fsp3) is 0.250. The minimum atomic E-state index is -0.194. The molecule has 1 fully saturated rings. The quantitative estimate of drug-likeness (QED) is 0.762. The number of anilines is 2. The van der Waals surface area contributed by atoms with Gasteiger partial charge in [-0.15, -0.1) is 0 Å². The molecule has 1 saturated heterocycles. The SMILES string of the molecule is O=c1[nH]c(N2CCN(c3cccnc3)CC2)nc2cccnc12. The number of hydrogen-bond acceptors (Lipinski definition) is 6. The van der Waals surface area contributed by atoms with Gasteiger partial charge in [-0.2, -0.15) is 0 Å². The molecule has 116 valence electrons. The van der Waals surface area contributed by atoms with Crippen LogP contribution in [-0.2, 0) is 0 Å². The normalized spacial score (nSPS) is 15.1. The van der Waals surface area contributed by atoms with Gasteiger partial charge < -0.3 is 9.80 Å². The molecule has 0 saturated carbocycles. The van der Waals surface area contributed by atoms with Crippen LogP contribution in [0.3, 0.4) is 0 Å². The maximum absolute atomic E-state index is 12.1. The van der Waals surface area contributed by atoms with E-state index in [9.17, 15) is 4.79 Å². The van der Waals surface area contributed by atoms with Gasteiger partial charge in [0.05, 0.1) is 17.4 Å². The van der Waals surface area contributed by atoms with Crippen LogP contribution in [0.1, 0.15) is 0 Å². The van der Waals surface area contributed by atoms with Gasteiger partial charge in [0.1, 0.15) is 0 Å². The van der Waals surface area contributed by atoms with Crippen molar-refractivity contribution in [3.8, 4) is 0 Å². The number of H-pyrrole nitrogens is 1. The summed E-state index contributed by atoms with van der Waals surface area (Å²) in [5, 5.41) is 0. The molecule has 0 bridgehead atoms. The van der Waals surface area contributed by atoms with Gasteiger partial charge in [-0.25, -0.2) is 9.97 Å². The van der Waals surface area contributed by atoms with Gasteiger partial charge in [-0.05, 0) is 24.3 Å². The standard InChI is InChI=1S/C16H16N6O/c23-15-14-13(4-2-6-18-14)19-16(20-15)22-9-7-21(8-10-22)12-3-1-5-17-11-12/h1-6,11H,7-10H2,(H,19,20,23). The number of fused-ring (bicyclic) bond motifs is 1. The highest BCUT2D eigenvalue weighted by Gasteiger charge is 2.19. The van der Waals surface area contributed by atoms with E-state index in [4.69, 9.17) is 0 Å². The summed E-state index contributed by atoms with van der Waals surface area (Å²) in [6.45, 7) is 3.31. The molecular formula is C16H16N6O. The third-order valence-corrected chi connectivity index (χ3v) is 4.04. The first-order valence-electron chi connectivity index (χ1n) is 7.56. The summed E-state index contributed by atoms with van der Waals surface area (Å²) in [6.07, 6.45) is 5.25. The highest BCUT2D eigenvalue weighted by molar-refractivity contribution is 5.73. The number of pyridine rings is 2. The highest BCUT2D eigenvalue weighted by Crippen LogP contribution is 2.17. The van der Waals surface area contributed by atoms with Crippen molar-refractivity contribution in [3.05, 3.63) is 53.2 Å². The van der Waals surface area contributed by atoms with E-state index in [0.717, 1.165) is 31.9 Å². The van der Waals surface area contributed by atoms with Crippen LogP contribution in [0.2, 0.25) is 0 Å². The number of piperazine rings is 1. The van der Waals surface area contributed by atoms with Crippen molar-refractivity contribution in [2.75, 3.05) is 36.0 Å². The van der Waals surface area contributed by atoms with Crippen LogP contribution in [0.15, 0.2) is 47.7 Å². The Kier molecular flexibility index (Phi) is 3.38. The van der Waals surface area contributed by atoms with E-state index in [2.05, 4.69) is 35.8 Å². The Labute approximate surface area is 132 Å². The summed E-state index contributed by atoms with van der Waals surface area (Å²) in [5.41, 5.74) is 1.93. The van der Waals surface area contributed by atoms with Crippen LogP contribution in [0.25, 0.3) is 11.0 Å². The zero-order valence-electron chi connectivity index (χ0n) is 12.5. The lowest BCUT2D eigenvalue weighted by molar-refractivity contribution is 0.639. The number of nitrogens with zero attached hydrogens (tertiary/aromatic N) is 5. The third-order valence-electron chi connectivity index (χ3n) is 4.04. The lowest BCUT2D eigenvalue weighted by Gasteiger charge is -2.36. The largest absolute Gasteiger partial charge is 0.367 e. The fourth-order valence-electron chi connectivity index (χ4n) is 2.83. The predicted octanol–water partition coefficient (Wildman–Crippen LogP) is 1.04. The van der Waals surface area contributed by atoms with Gasteiger partial charge in [0, 0.05) is 38.6 Å². The van der Waals surface area contributed by atoms with Crippen molar-refractivity contribution in [2.24, 2.45) is 0 Å². The zero-order valence-corrected chi connectivity index (χ0v) is 12.5. The Balaban J connectivity index is 1.56. The van der Waals surface area contributed by atoms with Crippen LogP contribution < -0.4 is 15.4 Å². The molecule has 0 unspecified atom stereocenters. The lowest BCUT2D eigenvalue weighted by Crippen LogP contribution is -2.47. The van der Waals surface area contributed by atoms with Gasteiger partial charge >= 0.3 is 0 Å². The van der Waals surface area contributed by atoms with Crippen molar-refractivity contribution in [3.63, 3.8) is 0 Å². The number of rotatable bonds is 2. The number of aromatic amines is 1.